The van der Waals surface area contributed by atoms with E-state index in [-0.39, 0.29) is 43.2 Å². The number of anilines is 1. The highest BCUT2D eigenvalue weighted by Crippen LogP contribution is 2.44. The third kappa shape index (κ3) is 3.46. The van der Waals surface area contributed by atoms with E-state index in [1.165, 1.54) is 15.9 Å². The van der Waals surface area contributed by atoms with Crippen LogP contribution in [-0.4, -0.2) is 53.4 Å². The molecule has 2 heterocycles. The number of esters is 1. The summed E-state index contributed by atoms with van der Waals surface area (Å²) in [6.07, 6.45) is 1.67. The molecule has 1 N–H and O–H groups in total. The number of fused-ring (bicyclic) bond motifs is 3. The fraction of sp³-hybridized carbons (Fsp3) is 0.455. The van der Waals surface area contributed by atoms with E-state index in [9.17, 15) is 19.2 Å². The molecule has 8 nitrogen and oxygen atoms in total. The lowest BCUT2D eigenvalue weighted by Crippen LogP contribution is -2.68. The minimum atomic E-state index is -1.62. The zero-order chi connectivity index (χ0) is 22.1. The summed E-state index contributed by atoms with van der Waals surface area (Å²) < 4.78 is 5.34. The number of amides is 3. The van der Waals surface area contributed by atoms with Crippen LogP contribution in [0.3, 0.4) is 0 Å². The Bertz CT molecular complexity index is 897. The first kappa shape index (κ1) is 21.5. The summed E-state index contributed by atoms with van der Waals surface area (Å²) >= 11 is 0. The summed E-state index contributed by atoms with van der Waals surface area (Å²) in [5.41, 5.74) is -0.914. The summed E-state index contributed by atoms with van der Waals surface area (Å²) in [4.78, 5) is 54.1. The van der Waals surface area contributed by atoms with Crippen LogP contribution in [0.1, 0.15) is 44.0 Å². The van der Waals surface area contributed by atoms with Crippen LogP contribution in [-0.2, 0) is 19.1 Å². The van der Waals surface area contributed by atoms with Gasteiger partial charge in [0.1, 0.15) is 0 Å². The van der Waals surface area contributed by atoms with Crippen molar-refractivity contribution in [3.8, 4) is 0 Å². The predicted octanol–water partition coefficient (Wildman–Crippen LogP) is 1.86. The first-order valence-electron chi connectivity index (χ1n) is 10.1. The number of benzene rings is 1. The van der Waals surface area contributed by atoms with Crippen molar-refractivity contribution in [3.63, 3.8) is 0 Å². The van der Waals surface area contributed by atoms with Gasteiger partial charge >= 0.3 is 5.97 Å². The smallest absolute Gasteiger partial charge is 0.354 e. The molecular formula is C22H27N3O5. The Hall–Kier alpha value is -3.16. The van der Waals surface area contributed by atoms with Crippen LogP contribution in [0.25, 0.3) is 0 Å². The standard InChI is InChI=1S/C22H27N3O5/c1-5-12-24-20(28)16-8-6-7-9-17(16)25-19(27)10-11-22(24,25)21(29)30-13-18(26)23-15(4)14(2)3/h5-9,14-15H,1,10-13H2,2-4H3,(H,23,26)/t15-,22+/m0/s1. The topological polar surface area (TPSA) is 96.0 Å². The maximum Gasteiger partial charge on any atom is 0.354 e. The minimum Gasteiger partial charge on any atom is -0.452 e. The Kier molecular flexibility index (Phi) is 5.96. The number of ether oxygens (including phenoxy) is 1. The van der Waals surface area contributed by atoms with Crippen LogP contribution in [0, 0.1) is 5.92 Å². The second kappa shape index (κ2) is 8.30. The number of hydrogen-bond donors (Lipinski definition) is 1. The van der Waals surface area contributed by atoms with Gasteiger partial charge in [0.15, 0.2) is 6.61 Å². The molecule has 8 heteroatoms. The molecule has 1 aromatic rings. The molecule has 0 spiro atoms. The predicted molar refractivity (Wildman–Crippen MR) is 111 cm³/mol. The number of para-hydroxylation sites is 1. The molecule has 0 bridgehead atoms. The van der Waals surface area contributed by atoms with Crippen molar-refractivity contribution in [1.82, 2.24) is 10.2 Å². The molecule has 2 aliphatic rings. The molecule has 1 fully saturated rings. The van der Waals surface area contributed by atoms with Crippen LogP contribution < -0.4 is 10.2 Å². The van der Waals surface area contributed by atoms with Gasteiger partial charge in [-0.15, -0.1) is 6.58 Å². The lowest BCUT2D eigenvalue weighted by Gasteiger charge is -2.48. The van der Waals surface area contributed by atoms with Crippen LogP contribution in [0.4, 0.5) is 5.69 Å². The van der Waals surface area contributed by atoms with Gasteiger partial charge in [-0.25, -0.2) is 4.79 Å². The van der Waals surface area contributed by atoms with E-state index in [4.69, 9.17) is 4.74 Å². The minimum absolute atomic E-state index is 0.0582. The average molecular weight is 413 g/mol. The van der Waals surface area contributed by atoms with E-state index < -0.39 is 24.1 Å². The Morgan fingerprint density at radius 2 is 1.97 bits per heavy atom. The van der Waals surface area contributed by atoms with E-state index >= 15 is 0 Å². The summed E-state index contributed by atoms with van der Waals surface area (Å²) in [6.45, 7) is 9.05. The number of nitrogens with zero attached hydrogens (tertiary/aromatic N) is 2. The van der Waals surface area contributed by atoms with Crippen molar-refractivity contribution in [1.29, 1.82) is 0 Å². The molecule has 1 aromatic carbocycles. The fourth-order valence-electron chi connectivity index (χ4n) is 3.84. The van der Waals surface area contributed by atoms with Crippen molar-refractivity contribution in [2.45, 2.75) is 45.3 Å². The van der Waals surface area contributed by atoms with Gasteiger partial charge in [-0.05, 0) is 25.0 Å². The molecule has 3 amide bonds. The van der Waals surface area contributed by atoms with E-state index in [0.717, 1.165) is 0 Å². The SMILES string of the molecule is C=CCN1C(=O)c2ccccc2N2C(=O)CC[C@@]12C(=O)OCC(=O)N[C@@H](C)C(C)C. The van der Waals surface area contributed by atoms with Gasteiger partial charge < -0.3 is 15.0 Å². The highest BCUT2D eigenvalue weighted by molar-refractivity contribution is 6.15. The quantitative estimate of drug-likeness (QED) is 0.544. The second-order valence-electron chi connectivity index (χ2n) is 7.94. The normalized spacial score (nSPS) is 21.2. The maximum atomic E-state index is 13.3. The number of carbonyl (C=O) groups is 4. The Morgan fingerprint density at radius 3 is 2.63 bits per heavy atom. The third-order valence-corrected chi connectivity index (χ3v) is 5.74. The number of nitrogens with one attached hydrogen (secondary N) is 1. The Labute approximate surface area is 175 Å². The Morgan fingerprint density at radius 1 is 1.27 bits per heavy atom. The largest absolute Gasteiger partial charge is 0.452 e. The molecule has 0 saturated carbocycles. The van der Waals surface area contributed by atoms with E-state index in [0.29, 0.717) is 11.3 Å². The lowest BCUT2D eigenvalue weighted by molar-refractivity contribution is -0.160. The molecule has 0 aliphatic carbocycles. The molecule has 0 radical (unpaired) electrons. The van der Waals surface area contributed by atoms with Crippen molar-refractivity contribution < 1.29 is 23.9 Å². The summed E-state index contributed by atoms with van der Waals surface area (Å²) in [5.74, 6) is -1.67. The molecule has 0 unspecified atom stereocenters. The molecule has 0 aromatic heterocycles. The van der Waals surface area contributed by atoms with Gasteiger partial charge in [0, 0.05) is 25.4 Å². The highest BCUT2D eigenvalue weighted by Gasteiger charge is 2.61. The van der Waals surface area contributed by atoms with Crippen molar-refractivity contribution >= 4 is 29.4 Å². The van der Waals surface area contributed by atoms with Crippen molar-refractivity contribution in [2.24, 2.45) is 5.92 Å². The van der Waals surface area contributed by atoms with Gasteiger partial charge in [-0.2, -0.15) is 0 Å². The molecule has 2 atom stereocenters. The first-order valence-corrected chi connectivity index (χ1v) is 10.1. The van der Waals surface area contributed by atoms with Gasteiger partial charge in [0.2, 0.25) is 11.6 Å². The van der Waals surface area contributed by atoms with Gasteiger partial charge in [-0.1, -0.05) is 32.1 Å². The molecule has 30 heavy (non-hydrogen) atoms. The van der Waals surface area contributed by atoms with Gasteiger partial charge in [-0.3, -0.25) is 19.3 Å². The molecule has 160 valence electrons. The highest BCUT2D eigenvalue weighted by atomic mass is 16.5. The summed E-state index contributed by atoms with van der Waals surface area (Å²) in [7, 11) is 0. The zero-order valence-electron chi connectivity index (χ0n) is 17.5. The fourth-order valence-corrected chi connectivity index (χ4v) is 3.84. The van der Waals surface area contributed by atoms with Crippen molar-refractivity contribution in [2.75, 3.05) is 18.1 Å². The van der Waals surface area contributed by atoms with E-state index in [1.54, 1.807) is 24.3 Å². The molecular weight excluding hydrogens is 386 g/mol. The monoisotopic (exact) mass is 413 g/mol. The summed E-state index contributed by atoms with van der Waals surface area (Å²) in [6, 6.07) is 6.59. The van der Waals surface area contributed by atoms with E-state index in [2.05, 4.69) is 11.9 Å². The Balaban J connectivity index is 1.92. The van der Waals surface area contributed by atoms with Crippen LogP contribution in [0.5, 0.6) is 0 Å². The number of carbonyl (C=O) groups excluding carboxylic acids is 4. The molecule has 1 saturated heterocycles. The van der Waals surface area contributed by atoms with Gasteiger partial charge in [0.25, 0.3) is 11.8 Å². The number of rotatable bonds is 7. The first-order chi connectivity index (χ1) is 14.2. The van der Waals surface area contributed by atoms with Gasteiger partial charge in [0.05, 0.1) is 11.3 Å². The zero-order valence-corrected chi connectivity index (χ0v) is 17.5. The third-order valence-electron chi connectivity index (χ3n) is 5.74. The van der Waals surface area contributed by atoms with Crippen molar-refractivity contribution in [3.05, 3.63) is 42.5 Å². The molecule has 2 aliphatic heterocycles. The van der Waals surface area contributed by atoms with Crippen LogP contribution in [0.2, 0.25) is 0 Å². The average Bonchev–Trinajstić information content (AvgIpc) is 3.07. The van der Waals surface area contributed by atoms with Crippen LogP contribution in [0.15, 0.2) is 36.9 Å². The summed E-state index contributed by atoms with van der Waals surface area (Å²) in [5, 5.41) is 2.77. The van der Waals surface area contributed by atoms with E-state index in [1.807, 2.05) is 20.8 Å². The second-order valence-corrected chi connectivity index (χ2v) is 7.94. The lowest BCUT2D eigenvalue weighted by atomic mass is 9.96. The molecule has 3 rings (SSSR count). The van der Waals surface area contributed by atoms with Crippen LogP contribution >= 0.6 is 0 Å². The maximum absolute atomic E-state index is 13.3. The number of hydrogen-bond acceptors (Lipinski definition) is 5.